The molecule has 0 aliphatic heterocycles. The summed E-state index contributed by atoms with van der Waals surface area (Å²) in [6.45, 7) is 6.40. The fourth-order valence-electron chi connectivity index (χ4n) is 8.76. The van der Waals surface area contributed by atoms with Crippen molar-refractivity contribution in [2.45, 2.75) is 309 Å². The van der Waals surface area contributed by atoms with Crippen molar-refractivity contribution >= 4 is 17.9 Å². The minimum Gasteiger partial charge on any atom is -0.462 e. The molecular weight excluding hydrogens is 901 g/mol. The summed E-state index contributed by atoms with van der Waals surface area (Å²) in [6, 6.07) is 0. The Morgan fingerprint density at radius 2 is 0.562 bits per heavy atom. The number of allylic oxidation sites excluding steroid dienone is 14. The highest BCUT2D eigenvalue weighted by molar-refractivity contribution is 5.71. The van der Waals surface area contributed by atoms with Gasteiger partial charge in [-0.3, -0.25) is 14.4 Å². The second kappa shape index (κ2) is 61.1. The molecule has 0 saturated heterocycles. The zero-order chi connectivity index (χ0) is 52.9. The third-order valence-corrected chi connectivity index (χ3v) is 13.4. The molecule has 6 heteroatoms. The van der Waals surface area contributed by atoms with Gasteiger partial charge in [-0.05, 0) is 83.5 Å². The molecule has 0 bridgehead atoms. The summed E-state index contributed by atoms with van der Waals surface area (Å²) in [7, 11) is 0. The van der Waals surface area contributed by atoms with Crippen molar-refractivity contribution in [2.24, 2.45) is 0 Å². The molecule has 0 rings (SSSR count). The van der Waals surface area contributed by atoms with E-state index < -0.39 is 12.1 Å². The van der Waals surface area contributed by atoms with Gasteiger partial charge in [0.15, 0.2) is 6.10 Å². The first-order chi connectivity index (χ1) is 36.0. The number of hydrogen-bond donors (Lipinski definition) is 0. The molecule has 0 spiro atoms. The summed E-state index contributed by atoms with van der Waals surface area (Å²) in [5.41, 5.74) is 0. The first-order valence-corrected chi connectivity index (χ1v) is 31.1. The molecule has 0 aliphatic rings. The monoisotopic (exact) mass is 1020 g/mol. The number of rotatable bonds is 56. The lowest BCUT2D eigenvalue weighted by molar-refractivity contribution is -0.166. The van der Waals surface area contributed by atoms with Crippen molar-refractivity contribution in [3.63, 3.8) is 0 Å². The van der Waals surface area contributed by atoms with E-state index in [9.17, 15) is 14.4 Å². The largest absolute Gasteiger partial charge is 0.462 e. The summed E-state index contributed by atoms with van der Waals surface area (Å²) >= 11 is 0. The van der Waals surface area contributed by atoms with E-state index in [-0.39, 0.29) is 31.6 Å². The molecule has 0 aromatic rings. The molecule has 0 N–H and O–H groups in total. The Balaban J connectivity index is 4.03. The lowest BCUT2D eigenvalue weighted by Gasteiger charge is -2.18. The normalized spacial score (nSPS) is 12.6. The van der Waals surface area contributed by atoms with E-state index in [2.05, 4.69) is 93.7 Å². The fourth-order valence-corrected chi connectivity index (χ4v) is 8.76. The van der Waals surface area contributed by atoms with Gasteiger partial charge in [-0.25, -0.2) is 0 Å². The van der Waals surface area contributed by atoms with Crippen LogP contribution >= 0.6 is 0 Å². The first kappa shape index (κ1) is 69.6. The number of carbonyl (C=O) groups excluding carboxylic acids is 3. The molecule has 0 saturated carbocycles. The lowest BCUT2D eigenvalue weighted by Crippen LogP contribution is -2.30. The maximum atomic E-state index is 12.7. The maximum Gasteiger partial charge on any atom is 0.306 e. The molecule has 0 fully saturated rings. The Kier molecular flexibility index (Phi) is 58.3. The van der Waals surface area contributed by atoms with Gasteiger partial charge in [-0.1, -0.05) is 286 Å². The number of hydrogen-bond acceptors (Lipinski definition) is 6. The highest BCUT2D eigenvalue weighted by Gasteiger charge is 2.19. The second-order valence-corrected chi connectivity index (χ2v) is 20.6. The zero-order valence-electron chi connectivity index (χ0n) is 48.1. The van der Waals surface area contributed by atoms with Crippen LogP contribution in [-0.2, 0) is 28.6 Å². The van der Waals surface area contributed by atoms with Crippen LogP contribution in [-0.4, -0.2) is 37.2 Å². The molecule has 73 heavy (non-hydrogen) atoms. The average molecular weight is 1020 g/mol. The highest BCUT2D eigenvalue weighted by atomic mass is 16.6. The van der Waals surface area contributed by atoms with Crippen molar-refractivity contribution in [3.05, 3.63) is 85.1 Å². The van der Waals surface area contributed by atoms with E-state index in [1.54, 1.807) is 0 Å². The highest BCUT2D eigenvalue weighted by Crippen LogP contribution is 2.17. The fraction of sp³-hybridized carbons (Fsp3) is 0.746. The van der Waals surface area contributed by atoms with Crippen molar-refractivity contribution in [1.29, 1.82) is 0 Å². The van der Waals surface area contributed by atoms with Gasteiger partial charge in [0.2, 0.25) is 0 Å². The first-order valence-electron chi connectivity index (χ1n) is 31.1. The SMILES string of the molecule is CC/C=C\C/C=C\C/C=C\C/C=C\C/C=C\C/C=C\CCC(=O)OC(COC(=O)CCCCCCC)COC(=O)CCCCCCCCCCCCCCCCCCCCC/C=C\CCCCCCCCCC. The third-order valence-electron chi connectivity index (χ3n) is 13.4. The molecule has 420 valence electrons. The van der Waals surface area contributed by atoms with E-state index in [4.69, 9.17) is 14.2 Å². The third kappa shape index (κ3) is 59.3. The Morgan fingerprint density at radius 3 is 0.890 bits per heavy atom. The second-order valence-electron chi connectivity index (χ2n) is 20.6. The molecule has 0 amide bonds. The van der Waals surface area contributed by atoms with Gasteiger partial charge in [-0.2, -0.15) is 0 Å². The topological polar surface area (TPSA) is 78.9 Å². The van der Waals surface area contributed by atoms with Crippen LogP contribution in [0, 0.1) is 0 Å². The molecule has 0 radical (unpaired) electrons. The van der Waals surface area contributed by atoms with Gasteiger partial charge in [-0.15, -0.1) is 0 Å². The molecule has 1 unspecified atom stereocenters. The smallest absolute Gasteiger partial charge is 0.306 e. The van der Waals surface area contributed by atoms with E-state index in [0.717, 1.165) is 89.9 Å². The van der Waals surface area contributed by atoms with E-state index in [0.29, 0.717) is 19.3 Å². The Hall–Kier alpha value is -3.41. The summed E-state index contributed by atoms with van der Waals surface area (Å²) in [4.78, 5) is 37.8. The summed E-state index contributed by atoms with van der Waals surface area (Å²) in [5.74, 6) is -0.998. The average Bonchev–Trinajstić information content (AvgIpc) is 3.39. The molecule has 0 aromatic heterocycles. The number of carbonyl (C=O) groups is 3. The van der Waals surface area contributed by atoms with Crippen LogP contribution in [0.2, 0.25) is 0 Å². The molecular formula is C67H116O6. The molecule has 6 nitrogen and oxygen atoms in total. The van der Waals surface area contributed by atoms with Gasteiger partial charge in [0, 0.05) is 19.3 Å². The van der Waals surface area contributed by atoms with Gasteiger partial charge in [0.25, 0.3) is 0 Å². The van der Waals surface area contributed by atoms with Crippen molar-refractivity contribution < 1.29 is 28.6 Å². The summed E-state index contributed by atoms with van der Waals surface area (Å²) in [6.07, 6.45) is 81.0. The predicted octanol–water partition coefficient (Wildman–Crippen LogP) is 21.1. The van der Waals surface area contributed by atoms with E-state index in [1.165, 1.54) is 167 Å². The Bertz CT molecular complexity index is 1400. The Labute approximate surface area is 452 Å². The van der Waals surface area contributed by atoms with Crippen molar-refractivity contribution in [2.75, 3.05) is 13.2 Å². The van der Waals surface area contributed by atoms with Crippen LogP contribution in [0.3, 0.4) is 0 Å². The minimum atomic E-state index is -0.812. The number of esters is 3. The summed E-state index contributed by atoms with van der Waals surface area (Å²) < 4.78 is 16.7. The van der Waals surface area contributed by atoms with Crippen molar-refractivity contribution in [1.82, 2.24) is 0 Å². The predicted molar refractivity (Wildman–Crippen MR) is 316 cm³/mol. The quantitative estimate of drug-likeness (QED) is 0.0261. The van der Waals surface area contributed by atoms with Gasteiger partial charge >= 0.3 is 17.9 Å². The van der Waals surface area contributed by atoms with Crippen LogP contribution < -0.4 is 0 Å². The standard InChI is InChI=1S/C67H116O6/c1-4-7-10-13-15-17-19-21-23-25-27-28-29-30-31-32-33-34-35-36-37-38-40-41-43-45-47-49-51-54-57-60-66(69)72-63-64(62-71-65(68)59-56-53-12-9-6-3)73-67(70)61-58-55-52-50-48-46-44-42-39-26-24-22-20-18-16-14-11-8-5-2/h8,11,16,18,22,24-25,27,39,42,46,48,52,55,64H,4-7,9-10,12-15,17,19-21,23,26,28-38,40-41,43-45,47,49-51,53-54,56-63H2,1-3H3/b11-8-,18-16-,24-22-,27-25-,42-39-,48-46-,55-52-. The molecule has 0 aromatic carbocycles. The van der Waals surface area contributed by atoms with Crippen LogP contribution in [0.5, 0.6) is 0 Å². The van der Waals surface area contributed by atoms with Gasteiger partial charge in [0.05, 0.1) is 0 Å². The van der Waals surface area contributed by atoms with Gasteiger partial charge in [0.1, 0.15) is 13.2 Å². The lowest BCUT2D eigenvalue weighted by atomic mass is 10.0. The number of unbranched alkanes of at least 4 members (excludes halogenated alkanes) is 31. The van der Waals surface area contributed by atoms with E-state index in [1.807, 2.05) is 12.2 Å². The maximum absolute atomic E-state index is 12.7. The zero-order valence-corrected chi connectivity index (χ0v) is 48.1. The molecule has 0 aliphatic carbocycles. The van der Waals surface area contributed by atoms with Crippen LogP contribution in [0.15, 0.2) is 85.1 Å². The molecule has 0 heterocycles. The van der Waals surface area contributed by atoms with E-state index >= 15 is 0 Å². The van der Waals surface area contributed by atoms with Crippen molar-refractivity contribution in [3.8, 4) is 0 Å². The summed E-state index contributed by atoms with van der Waals surface area (Å²) in [5, 5.41) is 0. The molecule has 1 atom stereocenters. The van der Waals surface area contributed by atoms with Gasteiger partial charge < -0.3 is 14.2 Å². The Morgan fingerprint density at radius 1 is 0.288 bits per heavy atom. The van der Waals surface area contributed by atoms with Crippen LogP contribution in [0.1, 0.15) is 303 Å². The number of ether oxygens (including phenoxy) is 3. The van der Waals surface area contributed by atoms with Crippen LogP contribution in [0.4, 0.5) is 0 Å². The van der Waals surface area contributed by atoms with Crippen LogP contribution in [0.25, 0.3) is 0 Å². The minimum absolute atomic E-state index is 0.105.